The Morgan fingerprint density at radius 1 is 1.47 bits per heavy atom. The fourth-order valence-corrected chi connectivity index (χ4v) is 1.45. The van der Waals surface area contributed by atoms with Crippen LogP contribution >= 0.6 is 12.2 Å². The van der Waals surface area contributed by atoms with Crippen molar-refractivity contribution in [2.45, 2.75) is 6.54 Å². The highest BCUT2D eigenvalue weighted by molar-refractivity contribution is 7.80. The second-order valence-electron chi connectivity index (χ2n) is 3.16. The molecule has 0 bridgehead atoms. The molecule has 0 atom stereocenters. The minimum Gasteiger partial charge on any atom is -0.389 e. The molecule has 0 aliphatic heterocycles. The molecule has 15 heavy (non-hydrogen) atoms. The minimum atomic E-state index is 0.412. The number of benzene rings is 1. The molecule has 0 aliphatic carbocycles. The van der Waals surface area contributed by atoms with Gasteiger partial charge in [0.2, 0.25) is 0 Å². The Balaban J connectivity index is 2.22. The zero-order valence-electron chi connectivity index (χ0n) is 8.00. The van der Waals surface area contributed by atoms with Crippen LogP contribution in [0.1, 0.15) is 11.1 Å². The van der Waals surface area contributed by atoms with Gasteiger partial charge in [-0.1, -0.05) is 30.4 Å². The van der Waals surface area contributed by atoms with E-state index in [1.807, 2.05) is 24.3 Å². The van der Waals surface area contributed by atoms with Crippen molar-refractivity contribution < 1.29 is 0 Å². The monoisotopic (exact) mass is 218 g/mol. The first-order valence-electron chi connectivity index (χ1n) is 4.47. The Morgan fingerprint density at radius 2 is 2.33 bits per heavy atom. The number of hydrogen-bond donors (Lipinski definition) is 1. The molecule has 0 saturated carbocycles. The summed E-state index contributed by atoms with van der Waals surface area (Å²) < 4.78 is 1.75. The Labute approximate surface area is 92.7 Å². The third kappa shape index (κ3) is 2.38. The molecule has 0 amide bonds. The molecule has 0 radical (unpaired) electrons. The van der Waals surface area contributed by atoms with Crippen LogP contribution in [0.2, 0.25) is 0 Å². The van der Waals surface area contributed by atoms with Crippen LogP contribution in [-0.4, -0.2) is 19.8 Å². The fraction of sp³-hybridized carbons (Fsp3) is 0.100. The van der Waals surface area contributed by atoms with E-state index in [1.54, 1.807) is 11.0 Å². The quantitative estimate of drug-likeness (QED) is 0.780. The van der Waals surface area contributed by atoms with Crippen LogP contribution in [0.5, 0.6) is 0 Å². The van der Waals surface area contributed by atoms with Crippen LogP contribution in [-0.2, 0) is 6.54 Å². The first kappa shape index (κ1) is 9.79. The van der Waals surface area contributed by atoms with E-state index >= 15 is 0 Å². The van der Waals surface area contributed by atoms with E-state index in [-0.39, 0.29) is 0 Å². The summed E-state index contributed by atoms with van der Waals surface area (Å²) in [6.45, 7) is 0.677. The van der Waals surface area contributed by atoms with Gasteiger partial charge in [-0.25, -0.2) is 9.67 Å². The molecule has 0 saturated heterocycles. The molecule has 0 aliphatic rings. The molecule has 1 aromatic carbocycles. The maximum atomic E-state index is 5.55. The van der Waals surface area contributed by atoms with E-state index in [9.17, 15) is 0 Å². The first-order chi connectivity index (χ1) is 7.25. The number of rotatable bonds is 3. The summed E-state index contributed by atoms with van der Waals surface area (Å²) >= 11 is 4.91. The highest BCUT2D eigenvalue weighted by Gasteiger charge is 1.99. The van der Waals surface area contributed by atoms with Crippen molar-refractivity contribution in [3.63, 3.8) is 0 Å². The van der Waals surface area contributed by atoms with Gasteiger partial charge in [0, 0.05) is 5.56 Å². The molecular weight excluding hydrogens is 208 g/mol. The summed E-state index contributed by atoms with van der Waals surface area (Å²) in [6, 6.07) is 7.79. The van der Waals surface area contributed by atoms with Gasteiger partial charge in [-0.15, -0.1) is 0 Å². The van der Waals surface area contributed by atoms with E-state index in [1.165, 1.54) is 6.33 Å². The number of nitrogens with zero attached hydrogens (tertiary/aromatic N) is 3. The summed E-state index contributed by atoms with van der Waals surface area (Å²) in [5.74, 6) is 0. The van der Waals surface area contributed by atoms with Crippen molar-refractivity contribution in [2.75, 3.05) is 0 Å². The van der Waals surface area contributed by atoms with Gasteiger partial charge < -0.3 is 5.73 Å². The van der Waals surface area contributed by atoms with Crippen molar-refractivity contribution in [2.24, 2.45) is 5.73 Å². The summed E-state index contributed by atoms with van der Waals surface area (Å²) in [7, 11) is 0. The van der Waals surface area contributed by atoms with Crippen molar-refractivity contribution >= 4 is 17.2 Å². The predicted octanol–water partition coefficient (Wildman–Crippen LogP) is 0.961. The van der Waals surface area contributed by atoms with Crippen molar-refractivity contribution in [1.82, 2.24) is 14.8 Å². The SMILES string of the molecule is NC(=S)c1cccc(Cn2cncn2)c1. The number of nitrogens with two attached hydrogens (primary N) is 1. The molecule has 0 unspecified atom stereocenters. The lowest BCUT2D eigenvalue weighted by molar-refractivity contribution is 0.685. The van der Waals surface area contributed by atoms with Gasteiger partial charge in [0.25, 0.3) is 0 Å². The first-order valence-corrected chi connectivity index (χ1v) is 4.87. The van der Waals surface area contributed by atoms with Gasteiger partial charge in [-0.3, -0.25) is 0 Å². The third-order valence-corrected chi connectivity index (χ3v) is 2.26. The van der Waals surface area contributed by atoms with Crippen LogP contribution < -0.4 is 5.73 Å². The number of hydrogen-bond acceptors (Lipinski definition) is 3. The number of thiocarbonyl (C=S) groups is 1. The highest BCUT2D eigenvalue weighted by atomic mass is 32.1. The van der Waals surface area contributed by atoms with Crippen molar-refractivity contribution in [3.05, 3.63) is 48.0 Å². The van der Waals surface area contributed by atoms with Gasteiger partial charge >= 0.3 is 0 Å². The second-order valence-corrected chi connectivity index (χ2v) is 3.60. The maximum Gasteiger partial charge on any atom is 0.137 e. The summed E-state index contributed by atoms with van der Waals surface area (Å²) in [5, 5.41) is 4.03. The standard InChI is InChI=1S/C10H10N4S/c11-10(15)9-3-1-2-8(4-9)5-14-7-12-6-13-14/h1-4,6-7H,5H2,(H2,11,15). The van der Waals surface area contributed by atoms with E-state index in [0.717, 1.165) is 11.1 Å². The van der Waals surface area contributed by atoms with Crippen molar-refractivity contribution in [1.29, 1.82) is 0 Å². The van der Waals surface area contributed by atoms with E-state index in [2.05, 4.69) is 10.1 Å². The average Bonchev–Trinajstić information content (AvgIpc) is 2.71. The molecule has 4 nitrogen and oxygen atoms in total. The predicted molar refractivity (Wildman–Crippen MR) is 61.5 cm³/mol. The minimum absolute atomic E-state index is 0.412. The van der Waals surface area contributed by atoms with Crippen LogP contribution in [0.15, 0.2) is 36.9 Å². The van der Waals surface area contributed by atoms with Gasteiger partial charge in [0.05, 0.1) is 6.54 Å². The zero-order chi connectivity index (χ0) is 10.7. The summed E-state index contributed by atoms with van der Waals surface area (Å²) in [4.78, 5) is 4.29. The molecule has 0 spiro atoms. The summed E-state index contributed by atoms with van der Waals surface area (Å²) in [6.07, 6.45) is 3.19. The Morgan fingerprint density at radius 3 is 3.00 bits per heavy atom. The van der Waals surface area contributed by atoms with E-state index in [0.29, 0.717) is 11.5 Å². The fourth-order valence-electron chi connectivity index (χ4n) is 1.32. The highest BCUT2D eigenvalue weighted by Crippen LogP contribution is 2.06. The van der Waals surface area contributed by atoms with Gasteiger partial charge in [-0.05, 0) is 11.6 Å². The van der Waals surface area contributed by atoms with Crippen LogP contribution in [0.3, 0.4) is 0 Å². The maximum absolute atomic E-state index is 5.55. The molecule has 1 heterocycles. The molecule has 0 fully saturated rings. The lowest BCUT2D eigenvalue weighted by Gasteiger charge is -2.03. The van der Waals surface area contributed by atoms with Gasteiger partial charge in [0.15, 0.2) is 0 Å². The molecule has 76 valence electrons. The van der Waals surface area contributed by atoms with Crippen LogP contribution in [0.4, 0.5) is 0 Å². The largest absolute Gasteiger partial charge is 0.389 e. The van der Waals surface area contributed by atoms with E-state index in [4.69, 9.17) is 18.0 Å². The lowest BCUT2D eigenvalue weighted by atomic mass is 10.1. The van der Waals surface area contributed by atoms with Crippen molar-refractivity contribution in [3.8, 4) is 0 Å². The Kier molecular flexibility index (Phi) is 2.73. The van der Waals surface area contributed by atoms with Crippen LogP contribution in [0.25, 0.3) is 0 Å². The zero-order valence-corrected chi connectivity index (χ0v) is 8.81. The molecule has 2 rings (SSSR count). The summed E-state index contributed by atoms with van der Waals surface area (Å²) in [5.41, 5.74) is 7.53. The smallest absolute Gasteiger partial charge is 0.137 e. The van der Waals surface area contributed by atoms with E-state index < -0.39 is 0 Å². The Bertz CT molecular complexity index is 464. The second kappa shape index (κ2) is 4.18. The molecular formula is C10H10N4S. The third-order valence-electron chi connectivity index (χ3n) is 2.02. The van der Waals surface area contributed by atoms with Crippen LogP contribution in [0, 0.1) is 0 Å². The van der Waals surface area contributed by atoms with Gasteiger partial charge in [0.1, 0.15) is 17.6 Å². The average molecular weight is 218 g/mol. The normalized spacial score (nSPS) is 10.1. The molecule has 5 heteroatoms. The number of aromatic nitrogens is 3. The molecule has 2 N–H and O–H groups in total. The van der Waals surface area contributed by atoms with Gasteiger partial charge in [-0.2, -0.15) is 5.10 Å². The molecule has 2 aromatic rings. The lowest BCUT2D eigenvalue weighted by Crippen LogP contribution is -2.10. The molecule has 1 aromatic heterocycles. The Hall–Kier alpha value is -1.75. The topological polar surface area (TPSA) is 56.7 Å².